The Hall–Kier alpha value is -2.49. The van der Waals surface area contributed by atoms with Crippen molar-refractivity contribution in [1.82, 2.24) is 5.32 Å². The van der Waals surface area contributed by atoms with Crippen molar-refractivity contribution in [2.45, 2.75) is 32.8 Å². The lowest BCUT2D eigenvalue weighted by atomic mass is 10.2. The Kier molecular flexibility index (Phi) is 7.33. The van der Waals surface area contributed by atoms with Crippen LogP contribution in [0.4, 0.5) is 5.69 Å². The van der Waals surface area contributed by atoms with Gasteiger partial charge in [0.1, 0.15) is 5.75 Å². The normalized spacial score (nSPS) is 11.6. The first-order chi connectivity index (χ1) is 12.1. The average molecular weight is 340 g/mol. The fourth-order valence-corrected chi connectivity index (χ4v) is 2.62. The zero-order valence-corrected chi connectivity index (χ0v) is 15.4. The van der Waals surface area contributed by atoms with Crippen LogP contribution in [0.5, 0.6) is 5.75 Å². The summed E-state index contributed by atoms with van der Waals surface area (Å²) < 4.78 is 5.88. The Bertz CT molecular complexity index is 658. The summed E-state index contributed by atoms with van der Waals surface area (Å²) in [6.07, 6.45) is 1.08. The summed E-state index contributed by atoms with van der Waals surface area (Å²) in [5.41, 5.74) is 2.22. The van der Waals surface area contributed by atoms with Gasteiger partial charge in [-0.05, 0) is 43.5 Å². The van der Waals surface area contributed by atoms with Crippen molar-refractivity contribution in [3.8, 4) is 5.75 Å². The zero-order valence-electron chi connectivity index (χ0n) is 15.4. The van der Waals surface area contributed by atoms with Crippen LogP contribution < -0.4 is 15.0 Å². The minimum atomic E-state index is -0.451. The van der Waals surface area contributed by atoms with E-state index in [0.717, 1.165) is 24.3 Å². The minimum absolute atomic E-state index is 0.0480. The number of nitrogens with zero attached hydrogens (tertiary/aromatic N) is 1. The van der Waals surface area contributed by atoms with Gasteiger partial charge in [0.25, 0.3) is 5.91 Å². The highest BCUT2D eigenvalue weighted by Crippen LogP contribution is 2.18. The third-order valence-corrected chi connectivity index (χ3v) is 4.19. The summed E-state index contributed by atoms with van der Waals surface area (Å²) in [6, 6.07) is 18.0. The Morgan fingerprint density at radius 1 is 1.12 bits per heavy atom. The van der Waals surface area contributed by atoms with Gasteiger partial charge >= 0.3 is 0 Å². The molecule has 4 heteroatoms. The number of nitrogens with one attached hydrogen (secondary N) is 1. The van der Waals surface area contributed by atoms with E-state index < -0.39 is 6.10 Å². The van der Waals surface area contributed by atoms with Gasteiger partial charge in [-0.2, -0.15) is 0 Å². The quantitative estimate of drug-likeness (QED) is 0.706. The highest BCUT2D eigenvalue weighted by molar-refractivity contribution is 5.81. The molecule has 0 aliphatic carbocycles. The molecule has 0 heterocycles. The van der Waals surface area contributed by atoms with Gasteiger partial charge in [0.15, 0.2) is 6.10 Å². The van der Waals surface area contributed by atoms with Crippen LogP contribution in [0, 0.1) is 6.92 Å². The van der Waals surface area contributed by atoms with Gasteiger partial charge in [0, 0.05) is 25.8 Å². The molecule has 25 heavy (non-hydrogen) atoms. The highest BCUT2D eigenvalue weighted by atomic mass is 16.5. The van der Waals surface area contributed by atoms with Crippen molar-refractivity contribution in [1.29, 1.82) is 0 Å². The largest absolute Gasteiger partial charge is 0.480 e. The summed E-state index contributed by atoms with van der Waals surface area (Å²) >= 11 is 0. The Balaban J connectivity index is 1.75. The highest BCUT2D eigenvalue weighted by Gasteiger charge is 2.18. The second-order valence-electron chi connectivity index (χ2n) is 6.18. The molecule has 0 fully saturated rings. The molecule has 0 aliphatic rings. The first-order valence-electron chi connectivity index (χ1n) is 8.88. The number of hydrogen-bond acceptors (Lipinski definition) is 3. The van der Waals surface area contributed by atoms with Crippen LogP contribution in [0.3, 0.4) is 0 Å². The molecule has 0 bridgehead atoms. The third-order valence-electron chi connectivity index (χ3n) is 4.19. The summed E-state index contributed by atoms with van der Waals surface area (Å²) in [7, 11) is 2.06. The number of rotatable bonds is 9. The monoisotopic (exact) mass is 340 g/mol. The van der Waals surface area contributed by atoms with E-state index in [-0.39, 0.29) is 5.91 Å². The molecular formula is C21H28N2O2. The van der Waals surface area contributed by atoms with Gasteiger partial charge in [-0.25, -0.2) is 0 Å². The van der Waals surface area contributed by atoms with E-state index in [2.05, 4.69) is 29.4 Å². The molecule has 0 saturated heterocycles. The maximum absolute atomic E-state index is 12.4. The first kappa shape index (κ1) is 18.8. The summed E-state index contributed by atoms with van der Waals surface area (Å²) in [5.74, 6) is 0.724. The minimum Gasteiger partial charge on any atom is -0.480 e. The third kappa shape index (κ3) is 5.82. The van der Waals surface area contributed by atoms with Crippen LogP contribution >= 0.6 is 0 Å². The molecule has 4 nitrogen and oxygen atoms in total. The fourth-order valence-electron chi connectivity index (χ4n) is 2.62. The molecule has 0 radical (unpaired) electrons. The Labute approximate surface area is 150 Å². The van der Waals surface area contributed by atoms with E-state index in [0.29, 0.717) is 13.0 Å². The maximum atomic E-state index is 12.4. The molecule has 0 aromatic heterocycles. The molecule has 2 aromatic rings. The lowest BCUT2D eigenvalue weighted by molar-refractivity contribution is -0.128. The molecular weight excluding hydrogens is 312 g/mol. The summed E-state index contributed by atoms with van der Waals surface area (Å²) in [4.78, 5) is 14.5. The zero-order chi connectivity index (χ0) is 18.1. The van der Waals surface area contributed by atoms with Gasteiger partial charge in [0.05, 0.1) is 0 Å². The first-order valence-corrected chi connectivity index (χ1v) is 8.88. The van der Waals surface area contributed by atoms with Crippen LogP contribution in [0.15, 0.2) is 54.6 Å². The van der Waals surface area contributed by atoms with Crippen LogP contribution in [0.1, 0.15) is 25.3 Å². The number of anilines is 1. The van der Waals surface area contributed by atoms with E-state index in [9.17, 15) is 4.79 Å². The fraction of sp³-hybridized carbons (Fsp3) is 0.381. The van der Waals surface area contributed by atoms with Crippen molar-refractivity contribution < 1.29 is 9.53 Å². The number of hydrogen-bond donors (Lipinski definition) is 1. The molecule has 1 N–H and O–H groups in total. The number of ether oxygens (including phenoxy) is 1. The number of aryl methyl sites for hydroxylation is 1. The molecule has 0 saturated carbocycles. The van der Waals surface area contributed by atoms with Crippen molar-refractivity contribution in [2.75, 3.05) is 25.0 Å². The Morgan fingerprint density at radius 2 is 1.80 bits per heavy atom. The van der Waals surface area contributed by atoms with E-state index in [4.69, 9.17) is 4.74 Å². The van der Waals surface area contributed by atoms with E-state index >= 15 is 0 Å². The number of carbonyl (C=O) groups is 1. The van der Waals surface area contributed by atoms with Crippen LogP contribution in [-0.2, 0) is 4.79 Å². The molecule has 1 amide bonds. The van der Waals surface area contributed by atoms with Gasteiger partial charge in [-0.3, -0.25) is 4.79 Å². The van der Waals surface area contributed by atoms with Crippen molar-refractivity contribution in [3.63, 3.8) is 0 Å². The van der Waals surface area contributed by atoms with Gasteiger partial charge < -0.3 is 15.0 Å². The summed E-state index contributed by atoms with van der Waals surface area (Å²) in [6.45, 7) is 5.48. The number of carbonyl (C=O) groups excluding carboxylic acids is 1. The average Bonchev–Trinajstić information content (AvgIpc) is 2.65. The van der Waals surface area contributed by atoms with E-state index in [1.54, 1.807) is 0 Å². The van der Waals surface area contributed by atoms with Gasteiger partial charge in [0.2, 0.25) is 0 Å². The molecule has 0 spiro atoms. The van der Waals surface area contributed by atoms with Crippen molar-refractivity contribution >= 4 is 11.6 Å². The van der Waals surface area contributed by atoms with Crippen molar-refractivity contribution in [3.05, 3.63) is 60.2 Å². The number of amides is 1. The smallest absolute Gasteiger partial charge is 0.261 e. The Morgan fingerprint density at radius 3 is 2.48 bits per heavy atom. The van der Waals surface area contributed by atoms with E-state index in [1.165, 1.54) is 5.69 Å². The topological polar surface area (TPSA) is 41.6 Å². The second kappa shape index (κ2) is 9.72. The van der Waals surface area contributed by atoms with Crippen LogP contribution in [-0.4, -0.2) is 32.1 Å². The predicted octanol–water partition coefficient (Wildman–Crippen LogP) is 3.80. The second-order valence-corrected chi connectivity index (χ2v) is 6.18. The number of para-hydroxylation sites is 2. The molecule has 2 aromatic carbocycles. The predicted molar refractivity (Wildman–Crippen MR) is 103 cm³/mol. The van der Waals surface area contributed by atoms with Crippen LogP contribution in [0.2, 0.25) is 0 Å². The number of benzene rings is 2. The maximum Gasteiger partial charge on any atom is 0.261 e. The molecule has 134 valence electrons. The van der Waals surface area contributed by atoms with Crippen molar-refractivity contribution in [2.24, 2.45) is 0 Å². The van der Waals surface area contributed by atoms with Gasteiger partial charge in [-0.1, -0.05) is 43.3 Å². The molecule has 1 unspecified atom stereocenters. The molecule has 1 atom stereocenters. The summed E-state index contributed by atoms with van der Waals surface area (Å²) in [5, 5.41) is 2.99. The molecule has 0 aliphatic heterocycles. The molecule has 2 rings (SSSR count). The van der Waals surface area contributed by atoms with Gasteiger partial charge in [-0.15, -0.1) is 0 Å². The lowest BCUT2D eigenvalue weighted by Crippen LogP contribution is -2.39. The lowest BCUT2D eigenvalue weighted by Gasteiger charge is -2.21. The standard InChI is InChI=1S/C21H28N2O2/c1-4-19(25-20-14-9-8-11-17(20)2)21(24)22-15-10-16-23(3)18-12-6-5-7-13-18/h5-9,11-14,19H,4,10,15-16H2,1-3H3,(H,22,24). The SMILES string of the molecule is CCC(Oc1ccccc1C)C(=O)NCCCN(C)c1ccccc1. The van der Waals surface area contributed by atoms with E-state index in [1.807, 2.05) is 56.3 Å². The van der Waals surface area contributed by atoms with Crippen LogP contribution in [0.25, 0.3) is 0 Å².